The number of esters is 2. The van der Waals surface area contributed by atoms with Gasteiger partial charge in [0.1, 0.15) is 0 Å². The maximum atomic E-state index is 11.3. The van der Waals surface area contributed by atoms with Crippen LogP contribution in [0.5, 0.6) is 0 Å². The van der Waals surface area contributed by atoms with Crippen molar-refractivity contribution < 1.29 is 14.3 Å². The molecule has 0 aromatic heterocycles. The van der Waals surface area contributed by atoms with Gasteiger partial charge < -0.3 is 4.74 Å². The second-order valence-electron chi connectivity index (χ2n) is 6.73. The molecule has 0 saturated carbocycles. The Morgan fingerprint density at radius 1 is 0.870 bits per heavy atom. The third-order valence-corrected chi connectivity index (χ3v) is 4.52. The topological polar surface area (TPSA) is 43.4 Å². The molecular weight excluding hydrogens is 288 g/mol. The lowest BCUT2D eigenvalue weighted by Gasteiger charge is -2.02. The molecule has 1 aliphatic heterocycles. The van der Waals surface area contributed by atoms with Gasteiger partial charge in [-0.15, -0.1) is 0 Å². The molecule has 23 heavy (non-hydrogen) atoms. The molecule has 1 atom stereocenters. The van der Waals surface area contributed by atoms with Crippen molar-refractivity contribution in [2.75, 3.05) is 0 Å². The summed E-state index contributed by atoms with van der Waals surface area (Å²) >= 11 is 0. The van der Waals surface area contributed by atoms with Crippen molar-refractivity contribution >= 4 is 11.9 Å². The van der Waals surface area contributed by atoms with E-state index in [4.69, 9.17) is 0 Å². The quantitative estimate of drug-likeness (QED) is 0.178. The molecule has 1 saturated heterocycles. The van der Waals surface area contributed by atoms with Crippen LogP contribution in [0.3, 0.4) is 0 Å². The number of hydrogen-bond acceptors (Lipinski definition) is 3. The van der Waals surface area contributed by atoms with E-state index in [9.17, 15) is 9.59 Å². The zero-order valence-corrected chi connectivity index (χ0v) is 14.9. The number of hydrogen-bond donors (Lipinski definition) is 0. The molecule has 3 nitrogen and oxygen atoms in total. The summed E-state index contributed by atoms with van der Waals surface area (Å²) < 4.78 is 4.53. The van der Waals surface area contributed by atoms with Crippen molar-refractivity contribution in [2.45, 2.75) is 96.8 Å². The van der Waals surface area contributed by atoms with Gasteiger partial charge in [-0.25, -0.2) is 0 Å². The largest absolute Gasteiger partial charge is 0.393 e. The normalized spacial score (nSPS) is 18.0. The van der Waals surface area contributed by atoms with Crippen LogP contribution in [0.15, 0.2) is 12.2 Å². The summed E-state index contributed by atoms with van der Waals surface area (Å²) in [6.07, 6.45) is 21.1. The average molecular weight is 322 g/mol. The monoisotopic (exact) mass is 322 g/mol. The van der Waals surface area contributed by atoms with E-state index in [2.05, 4.69) is 17.7 Å². The molecule has 0 radical (unpaired) electrons. The van der Waals surface area contributed by atoms with E-state index < -0.39 is 0 Å². The molecule has 1 unspecified atom stereocenters. The highest BCUT2D eigenvalue weighted by Gasteiger charge is 2.31. The number of ether oxygens (including phenoxy) is 1. The fraction of sp³-hybridized carbons (Fsp3) is 0.800. The smallest absolute Gasteiger partial charge is 0.317 e. The van der Waals surface area contributed by atoms with Crippen LogP contribution >= 0.6 is 0 Å². The van der Waals surface area contributed by atoms with Gasteiger partial charge >= 0.3 is 11.9 Å². The molecule has 3 heteroatoms. The molecule has 1 fully saturated rings. The first kappa shape index (κ1) is 19.9. The fourth-order valence-corrected chi connectivity index (χ4v) is 3.01. The Bertz CT molecular complexity index is 360. The van der Waals surface area contributed by atoms with E-state index >= 15 is 0 Å². The zero-order valence-electron chi connectivity index (χ0n) is 14.9. The van der Waals surface area contributed by atoms with E-state index in [-0.39, 0.29) is 24.3 Å². The summed E-state index contributed by atoms with van der Waals surface area (Å²) in [7, 11) is 0. The van der Waals surface area contributed by atoms with Gasteiger partial charge in [0.25, 0.3) is 0 Å². The Morgan fingerprint density at radius 3 is 1.96 bits per heavy atom. The van der Waals surface area contributed by atoms with Crippen molar-refractivity contribution in [3.8, 4) is 0 Å². The fourth-order valence-electron chi connectivity index (χ4n) is 3.01. The predicted octanol–water partition coefficient (Wildman–Crippen LogP) is 5.72. The molecule has 1 heterocycles. The van der Waals surface area contributed by atoms with Gasteiger partial charge in [0.2, 0.25) is 0 Å². The maximum Gasteiger partial charge on any atom is 0.317 e. The summed E-state index contributed by atoms with van der Waals surface area (Å²) in [4.78, 5) is 22.2. The van der Waals surface area contributed by atoms with Crippen LogP contribution < -0.4 is 0 Å². The van der Waals surface area contributed by atoms with Gasteiger partial charge in [-0.3, -0.25) is 9.59 Å². The summed E-state index contributed by atoms with van der Waals surface area (Å²) in [6.45, 7) is 2.26. The minimum atomic E-state index is -0.376. The summed E-state index contributed by atoms with van der Waals surface area (Å²) in [5.74, 6) is -0.968. The predicted molar refractivity (Wildman–Crippen MR) is 94.0 cm³/mol. The maximum absolute atomic E-state index is 11.3. The SMILES string of the molecule is CCCCCCCCCCCCCC=CCC1CC(=O)OC1=O. The van der Waals surface area contributed by atoms with E-state index in [1.165, 1.54) is 70.6 Å². The first-order chi connectivity index (χ1) is 11.2. The third kappa shape index (κ3) is 10.3. The summed E-state index contributed by atoms with van der Waals surface area (Å²) in [5, 5.41) is 0. The van der Waals surface area contributed by atoms with Crippen molar-refractivity contribution in [1.29, 1.82) is 0 Å². The van der Waals surface area contributed by atoms with Gasteiger partial charge in [-0.1, -0.05) is 83.3 Å². The summed E-state index contributed by atoms with van der Waals surface area (Å²) in [6, 6.07) is 0. The Labute approximate surface area is 141 Å². The Hall–Kier alpha value is -1.12. The Balaban J connectivity index is 1.82. The standard InChI is InChI=1S/C20H34O3/c1-2-3-4-5-6-7-8-9-10-11-12-13-14-15-16-18-17-19(21)23-20(18)22/h14-15,18H,2-13,16-17H2,1H3. The Morgan fingerprint density at radius 2 is 1.43 bits per heavy atom. The van der Waals surface area contributed by atoms with Crippen molar-refractivity contribution in [2.24, 2.45) is 5.92 Å². The highest BCUT2D eigenvalue weighted by atomic mass is 16.6. The van der Waals surface area contributed by atoms with Gasteiger partial charge in [0, 0.05) is 0 Å². The van der Waals surface area contributed by atoms with Crippen molar-refractivity contribution in [3.05, 3.63) is 12.2 Å². The van der Waals surface area contributed by atoms with Crippen LogP contribution in [0.1, 0.15) is 96.8 Å². The Kier molecular flexibility index (Phi) is 11.5. The van der Waals surface area contributed by atoms with Crippen LogP contribution in [0.4, 0.5) is 0 Å². The lowest BCUT2D eigenvalue weighted by molar-refractivity contribution is -0.153. The van der Waals surface area contributed by atoms with Crippen LogP contribution in [-0.4, -0.2) is 11.9 Å². The highest BCUT2D eigenvalue weighted by Crippen LogP contribution is 2.20. The first-order valence-electron chi connectivity index (χ1n) is 9.63. The van der Waals surface area contributed by atoms with Gasteiger partial charge in [-0.2, -0.15) is 0 Å². The van der Waals surface area contributed by atoms with Gasteiger partial charge in [0.05, 0.1) is 12.3 Å². The lowest BCUT2D eigenvalue weighted by Crippen LogP contribution is -2.05. The molecule has 0 aromatic rings. The van der Waals surface area contributed by atoms with Crippen LogP contribution in [-0.2, 0) is 14.3 Å². The minimum absolute atomic E-state index is 0.240. The highest BCUT2D eigenvalue weighted by molar-refractivity contribution is 5.94. The average Bonchev–Trinajstić information content (AvgIpc) is 2.85. The van der Waals surface area contributed by atoms with E-state index in [0.29, 0.717) is 6.42 Å². The molecule has 0 bridgehead atoms. The van der Waals surface area contributed by atoms with Crippen molar-refractivity contribution in [3.63, 3.8) is 0 Å². The lowest BCUT2D eigenvalue weighted by atomic mass is 10.0. The summed E-state index contributed by atoms with van der Waals surface area (Å²) in [5.41, 5.74) is 0. The number of allylic oxidation sites excluding steroid dienone is 2. The minimum Gasteiger partial charge on any atom is -0.393 e. The molecule has 0 aromatic carbocycles. The van der Waals surface area contributed by atoms with Crippen molar-refractivity contribution in [1.82, 2.24) is 0 Å². The number of carbonyl (C=O) groups is 2. The second-order valence-corrected chi connectivity index (χ2v) is 6.73. The molecule has 1 rings (SSSR count). The van der Waals surface area contributed by atoms with E-state index in [1.807, 2.05) is 6.08 Å². The molecule has 0 spiro atoms. The van der Waals surface area contributed by atoms with Gasteiger partial charge in [-0.05, 0) is 19.3 Å². The number of cyclic esters (lactones) is 2. The molecule has 0 aliphatic carbocycles. The van der Waals surface area contributed by atoms with E-state index in [1.54, 1.807) is 0 Å². The van der Waals surface area contributed by atoms with Crippen LogP contribution in [0, 0.1) is 5.92 Å². The van der Waals surface area contributed by atoms with Gasteiger partial charge in [0.15, 0.2) is 0 Å². The zero-order chi connectivity index (χ0) is 16.8. The van der Waals surface area contributed by atoms with Crippen LogP contribution in [0.25, 0.3) is 0 Å². The number of carbonyl (C=O) groups excluding carboxylic acids is 2. The molecular formula is C20H34O3. The molecule has 1 aliphatic rings. The second kappa shape index (κ2) is 13.3. The molecule has 0 amide bonds. The van der Waals surface area contributed by atoms with E-state index in [0.717, 1.165) is 6.42 Å². The first-order valence-corrected chi connectivity index (χ1v) is 9.63. The van der Waals surface area contributed by atoms with Crippen LogP contribution in [0.2, 0.25) is 0 Å². The molecule has 0 N–H and O–H groups in total. The third-order valence-electron chi connectivity index (χ3n) is 4.52. The number of unbranched alkanes of at least 4 members (excludes halogenated alkanes) is 11. The number of rotatable bonds is 14. The molecule has 132 valence electrons.